The smallest absolute Gasteiger partial charge is 0.0128 e. The molecule has 0 aromatic carbocycles. The molecular formula is C12H22N2. The molecule has 0 aromatic heterocycles. The van der Waals surface area contributed by atoms with E-state index >= 15 is 0 Å². The molecule has 0 bridgehead atoms. The molecule has 0 amide bonds. The van der Waals surface area contributed by atoms with E-state index in [0.717, 1.165) is 29.8 Å². The van der Waals surface area contributed by atoms with E-state index in [1.54, 1.807) is 0 Å². The van der Waals surface area contributed by atoms with E-state index in [4.69, 9.17) is 0 Å². The zero-order valence-corrected chi connectivity index (χ0v) is 9.13. The van der Waals surface area contributed by atoms with Gasteiger partial charge in [-0.1, -0.05) is 13.3 Å². The fraction of sp³-hybridized carbons (Fsp3) is 1.00. The number of fused-ring (bicyclic) bond motifs is 3. The average molecular weight is 194 g/mol. The second-order valence-electron chi connectivity index (χ2n) is 5.35. The van der Waals surface area contributed by atoms with Crippen molar-refractivity contribution in [1.29, 1.82) is 0 Å². The van der Waals surface area contributed by atoms with Crippen LogP contribution in [0.3, 0.4) is 0 Å². The molecule has 5 unspecified atom stereocenters. The van der Waals surface area contributed by atoms with Gasteiger partial charge < -0.3 is 10.6 Å². The Morgan fingerprint density at radius 3 is 2.71 bits per heavy atom. The van der Waals surface area contributed by atoms with Crippen LogP contribution in [-0.4, -0.2) is 25.2 Å². The number of rotatable bonds is 1. The molecule has 14 heavy (non-hydrogen) atoms. The van der Waals surface area contributed by atoms with Crippen LogP contribution in [0.5, 0.6) is 0 Å². The first-order chi connectivity index (χ1) is 6.90. The fourth-order valence-electron chi connectivity index (χ4n) is 4.20. The fourth-order valence-corrected chi connectivity index (χ4v) is 4.20. The molecule has 2 nitrogen and oxygen atoms in total. The van der Waals surface area contributed by atoms with Gasteiger partial charge in [-0.3, -0.25) is 0 Å². The van der Waals surface area contributed by atoms with Crippen molar-refractivity contribution in [2.75, 3.05) is 13.1 Å². The number of hydrogen-bond donors (Lipinski definition) is 2. The van der Waals surface area contributed by atoms with Gasteiger partial charge in [0.05, 0.1) is 0 Å². The molecule has 0 radical (unpaired) electrons. The molecule has 3 rings (SSSR count). The average Bonchev–Trinajstić information content (AvgIpc) is 2.83. The highest BCUT2D eigenvalue weighted by Crippen LogP contribution is 2.43. The highest BCUT2D eigenvalue weighted by molar-refractivity contribution is 5.03. The largest absolute Gasteiger partial charge is 0.314 e. The van der Waals surface area contributed by atoms with Crippen molar-refractivity contribution in [2.45, 2.75) is 44.7 Å². The molecule has 0 spiro atoms. The van der Waals surface area contributed by atoms with E-state index in [1.807, 2.05) is 0 Å². The molecular weight excluding hydrogens is 172 g/mol. The highest BCUT2D eigenvalue weighted by atomic mass is 15.0. The van der Waals surface area contributed by atoms with Gasteiger partial charge in [0.2, 0.25) is 0 Å². The minimum atomic E-state index is 0.862. The molecule has 1 saturated carbocycles. The molecule has 1 aliphatic carbocycles. The van der Waals surface area contributed by atoms with Gasteiger partial charge in [0.15, 0.2) is 0 Å². The summed E-state index contributed by atoms with van der Waals surface area (Å²) < 4.78 is 0. The Morgan fingerprint density at radius 2 is 1.86 bits per heavy atom. The highest BCUT2D eigenvalue weighted by Gasteiger charge is 2.47. The van der Waals surface area contributed by atoms with Crippen molar-refractivity contribution in [2.24, 2.45) is 17.8 Å². The molecule has 0 aromatic rings. The summed E-state index contributed by atoms with van der Waals surface area (Å²) in [5.41, 5.74) is 0. The lowest BCUT2D eigenvalue weighted by molar-refractivity contribution is 0.137. The predicted molar refractivity (Wildman–Crippen MR) is 58.2 cm³/mol. The lowest BCUT2D eigenvalue weighted by Crippen LogP contribution is -2.48. The Bertz CT molecular complexity index is 216. The summed E-state index contributed by atoms with van der Waals surface area (Å²) >= 11 is 0. The summed E-state index contributed by atoms with van der Waals surface area (Å²) in [6.45, 7) is 4.90. The van der Waals surface area contributed by atoms with Crippen LogP contribution in [0, 0.1) is 17.8 Å². The normalized spacial score (nSPS) is 51.6. The van der Waals surface area contributed by atoms with Crippen molar-refractivity contribution in [3.8, 4) is 0 Å². The molecule has 5 atom stereocenters. The van der Waals surface area contributed by atoms with Crippen LogP contribution >= 0.6 is 0 Å². The van der Waals surface area contributed by atoms with Crippen LogP contribution in [-0.2, 0) is 0 Å². The maximum Gasteiger partial charge on any atom is 0.0128 e. The number of hydrogen-bond acceptors (Lipinski definition) is 2. The Hall–Kier alpha value is -0.0800. The van der Waals surface area contributed by atoms with Crippen LogP contribution in [0.1, 0.15) is 32.6 Å². The molecule has 2 heteroatoms. The van der Waals surface area contributed by atoms with Crippen LogP contribution < -0.4 is 10.6 Å². The van der Waals surface area contributed by atoms with Crippen molar-refractivity contribution < 1.29 is 0 Å². The Balaban J connectivity index is 1.82. The molecule has 3 fully saturated rings. The predicted octanol–water partition coefficient (Wildman–Crippen LogP) is 1.37. The Morgan fingerprint density at radius 1 is 1.07 bits per heavy atom. The molecule has 2 saturated heterocycles. The van der Waals surface area contributed by atoms with Crippen LogP contribution in [0.15, 0.2) is 0 Å². The molecule has 3 aliphatic rings. The van der Waals surface area contributed by atoms with Gasteiger partial charge in [-0.25, -0.2) is 0 Å². The number of nitrogens with one attached hydrogen (secondary N) is 2. The van der Waals surface area contributed by atoms with Crippen molar-refractivity contribution in [1.82, 2.24) is 10.6 Å². The van der Waals surface area contributed by atoms with Gasteiger partial charge >= 0.3 is 0 Å². The summed E-state index contributed by atoms with van der Waals surface area (Å²) in [6, 6.07) is 1.72. The third kappa shape index (κ3) is 1.24. The van der Waals surface area contributed by atoms with E-state index in [1.165, 1.54) is 38.8 Å². The van der Waals surface area contributed by atoms with E-state index < -0.39 is 0 Å². The maximum atomic E-state index is 3.74. The van der Waals surface area contributed by atoms with Crippen LogP contribution in [0.2, 0.25) is 0 Å². The Labute approximate surface area is 86.8 Å². The minimum Gasteiger partial charge on any atom is -0.314 e. The second-order valence-corrected chi connectivity index (χ2v) is 5.35. The third-order valence-corrected chi connectivity index (χ3v) is 4.86. The lowest BCUT2D eigenvalue weighted by Gasteiger charge is -2.41. The first kappa shape index (κ1) is 9.17. The van der Waals surface area contributed by atoms with Gasteiger partial charge in [-0.05, 0) is 50.1 Å². The summed E-state index contributed by atoms with van der Waals surface area (Å²) in [4.78, 5) is 0. The Kier molecular flexibility index (Phi) is 2.29. The van der Waals surface area contributed by atoms with E-state index in [9.17, 15) is 0 Å². The van der Waals surface area contributed by atoms with Crippen molar-refractivity contribution in [3.63, 3.8) is 0 Å². The SMILES string of the molecule is CCC1CC2NCCC2C2CCNC12. The molecule has 2 aliphatic heterocycles. The monoisotopic (exact) mass is 194 g/mol. The molecule has 2 N–H and O–H groups in total. The zero-order valence-electron chi connectivity index (χ0n) is 9.13. The minimum absolute atomic E-state index is 0.862. The van der Waals surface area contributed by atoms with E-state index in [2.05, 4.69) is 17.6 Å². The quantitative estimate of drug-likeness (QED) is 0.659. The van der Waals surface area contributed by atoms with E-state index in [-0.39, 0.29) is 0 Å². The summed E-state index contributed by atoms with van der Waals surface area (Å²) in [5.74, 6) is 2.93. The van der Waals surface area contributed by atoms with E-state index in [0.29, 0.717) is 0 Å². The van der Waals surface area contributed by atoms with Crippen LogP contribution in [0.25, 0.3) is 0 Å². The van der Waals surface area contributed by atoms with Gasteiger partial charge in [-0.15, -0.1) is 0 Å². The third-order valence-electron chi connectivity index (χ3n) is 4.86. The summed E-state index contributed by atoms with van der Waals surface area (Å²) in [7, 11) is 0. The van der Waals surface area contributed by atoms with Gasteiger partial charge in [0.25, 0.3) is 0 Å². The second kappa shape index (κ2) is 3.49. The first-order valence-electron chi connectivity index (χ1n) is 6.37. The summed E-state index contributed by atoms with van der Waals surface area (Å²) in [5, 5.41) is 7.45. The standard InChI is InChI=1S/C12H22N2/c1-2-8-7-11-9(3-5-13-11)10-4-6-14-12(8)10/h8-14H,2-7H2,1H3. The molecule has 2 heterocycles. The summed E-state index contributed by atoms with van der Waals surface area (Å²) in [6.07, 6.45) is 5.66. The maximum absolute atomic E-state index is 3.74. The van der Waals surface area contributed by atoms with Crippen molar-refractivity contribution >= 4 is 0 Å². The first-order valence-corrected chi connectivity index (χ1v) is 6.37. The lowest BCUT2D eigenvalue weighted by atomic mass is 9.68. The molecule has 80 valence electrons. The van der Waals surface area contributed by atoms with Crippen LogP contribution in [0.4, 0.5) is 0 Å². The van der Waals surface area contributed by atoms with Gasteiger partial charge in [0.1, 0.15) is 0 Å². The van der Waals surface area contributed by atoms with Gasteiger partial charge in [0, 0.05) is 12.1 Å². The van der Waals surface area contributed by atoms with Crippen molar-refractivity contribution in [3.05, 3.63) is 0 Å². The van der Waals surface area contributed by atoms with Gasteiger partial charge in [-0.2, -0.15) is 0 Å². The topological polar surface area (TPSA) is 24.1 Å². The zero-order chi connectivity index (χ0) is 9.54.